The number of aliphatic hydroxyl groups is 1. The van der Waals surface area contributed by atoms with E-state index in [2.05, 4.69) is 0 Å². The maximum atomic E-state index is 12.7. The topological polar surface area (TPSA) is 75.8 Å². The summed E-state index contributed by atoms with van der Waals surface area (Å²) in [5, 5.41) is 10.2. The van der Waals surface area contributed by atoms with Crippen molar-refractivity contribution in [2.45, 2.75) is 19.1 Å². The van der Waals surface area contributed by atoms with Crippen molar-refractivity contribution < 1.29 is 14.6 Å². The quantitative estimate of drug-likeness (QED) is 0.885. The van der Waals surface area contributed by atoms with Crippen LogP contribution in [-0.2, 0) is 4.74 Å². The highest BCUT2D eigenvalue weighted by atomic mass is 32.1. The van der Waals surface area contributed by atoms with Crippen LogP contribution in [0.2, 0.25) is 0 Å². The van der Waals surface area contributed by atoms with Gasteiger partial charge in [0.05, 0.1) is 24.5 Å². The Balaban J connectivity index is 1.91. The van der Waals surface area contributed by atoms with Gasteiger partial charge in [0, 0.05) is 23.2 Å². The maximum absolute atomic E-state index is 12.7. The van der Waals surface area contributed by atoms with Gasteiger partial charge in [0.25, 0.3) is 5.91 Å². The average Bonchev–Trinajstić information content (AvgIpc) is 2.83. The monoisotopic (exact) mass is 306 g/mol. The second kappa shape index (κ2) is 5.63. The number of hydrogen-bond acceptors (Lipinski definition) is 5. The van der Waals surface area contributed by atoms with Crippen LogP contribution in [0.15, 0.2) is 24.3 Å². The molecule has 0 saturated carbocycles. The third kappa shape index (κ3) is 2.62. The number of amides is 1. The van der Waals surface area contributed by atoms with Crippen LogP contribution in [0.25, 0.3) is 10.1 Å². The summed E-state index contributed by atoms with van der Waals surface area (Å²) in [6.45, 7) is 2.72. The predicted octanol–water partition coefficient (Wildman–Crippen LogP) is 1.71. The van der Waals surface area contributed by atoms with E-state index < -0.39 is 0 Å². The van der Waals surface area contributed by atoms with E-state index >= 15 is 0 Å². The van der Waals surface area contributed by atoms with Gasteiger partial charge in [-0.1, -0.05) is 18.2 Å². The van der Waals surface area contributed by atoms with Crippen molar-refractivity contribution in [3.8, 4) is 0 Å². The zero-order valence-corrected chi connectivity index (χ0v) is 12.6. The van der Waals surface area contributed by atoms with Crippen LogP contribution in [0.4, 0.5) is 5.69 Å². The van der Waals surface area contributed by atoms with Crippen molar-refractivity contribution in [3.05, 3.63) is 29.1 Å². The molecular formula is C15H18N2O3S. The van der Waals surface area contributed by atoms with Crippen LogP contribution in [0.5, 0.6) is 0 Å². The Labute approximate surface area is 126 Å². The fraction of sp³-hybridized carbons (Fsp3) is 0.400. The number of fused-ring (bicyclic) bond motifs is 1. The summed E-state index contributed by atoms with van der Waals surface area (Å²) < 4.78 is 6.58. The average molecular weight is 306 g/mol. The minimum absolute atomic E-state index is 0.0812. The van der Waals surface area contributed by atoms with Crippen LogP contribution in [0.1, 0.15) is 16.6 Å². The van der Waals surface area contributed by atoms with E-state index in [0.29, 0.717) is 23.7 Å². The fourth-order valence-corrected chi connectivity index (χ4v) is 3.77. The molecule has 2 heterocycles. The molecule has 1 fully saturated rings. The first-order chi connectivity index (χ1) is 10.1. The number of ether oxygens (including phenoxy) is 1. The number of aliphatic hydroxyl groups excluding tert-OH is 1. The van der Waals surface area contributed by atoms with Gasteiger partial charge in [0.15, 0.2) is 0 Å². The van der Waals surface area contributed by atoms with E-state index in [4.69, 9.17) is 10.5 Å². The molecule has 1 aliphatic rings. The molecule has 1 amide bonds. The number of benzene rings is 1. The smallest absolute Gasteiger partial charge is 0.266 e. The standard InChI is InChI=1S/C15H18N2O3S/c1-9-6-17(7-10(8-18)20-9)15(19)14-13(16)11-4-2-3-5-12(11)21-14/h2-5,9-10,18H,6-8,16H2,1H3. The normalized spacial score (nSPS) is 22.7. The van der Waals surface area contributed by atoms with Crippen molar-refractivity contribution >= 4 is 33.0 Å². The highest BCUT2D eigenvalue weighted by Crippen LogP contribution is 2.34. The Morgan fingerprint density at radius 2 is 2.24 bits per heavy atom. The Hall–Kier alpha value is -1.63. The summed E-state index contributed by atoms with van der Waals surface area (Å²) in [6, 6.07) is 7.74. The van der Waals surface area contributed by atoms with E-state index in [9.17, 15) is 9.90 Å². The summed E-state index contributed by atoms with van der Waals surface area (Å²) in [4.78, 5) is 15.0. The van der Waals surface area contributed by atoms with Crippen LogP contribution >= 0.6 is 11.3 Å². The van der Waals surface area contributed by atoms with Crippen LogP contribution in [0, 0.1) is 0 Å². The molecule has 1 saturated heterocycles. The fourth-order valence-electron chi connectivity index (χ4n) is 2.68. The number of hydrogen-bond donors (Lipinski definition) is 2. The van der Waals surface area contributed by atoms with Gasteiger partial charge in [-0.3, -0.25) is 4.79 Å². The number of anilines is 1. The minimum Gasteiger partial charge on any atom is -0.397 e. The molecule has 3 rings (SSSR count). The van der Waals surface area contributed by atoms with Crippen molar-refractivity contribution in [1.82, 2.24) is 4.90 Å². The zero-order valence-electron chi connectivity index (χ0n) is 11.8. The van der Waals surface area contributed by atoms with E-state index in [1.54, 1.807) is 4.90 Å². The molecule has 6 heteroatoms. The highest BCUT2D eigenvalue weighted by Gasteiger charge is 2.30. The Morgan fingerprint density at radius 3 is 2.95 bits per heavy atom. The first-order valence-corrected chi connectivity index (χ1v) is 7.74. The lowest BCUT2D eigenvalue weighted by atomic mass is 10.2. The summed E-state index contributed by atoms with van der Waals surface area (Å²) >= 11 is 1.42. The SMILES string of the molecule is CC1CN(C(=O)c2sc3ccccc3c2N)CC(CO)O1. The number of nitrogen functional groups attached to an aromatic ring is 1. The largest absolute Gasteiger partial charge is 0.397 e. The molecule has 2 atom stereocenters. The first kappa shape index (κ1) is 14.3. The molecular weight excluding hydrogens is 288 g/mol. The Morgan fingerprint density at radius 1 is 1.48 bits per heavy atom. The van der Waals surface area contributed by atoms with E-state index in [0.717, 1.165) is 10.1 Å². The lowest BCUT2D eigenvalue weighted by molar-refractivity contribution is -0.0857. The van der Waals surface area contributed by atoms with Gasteiger partial charge >= 0.3 is 0 Å². The molecule has 0 radical (unpaired) electrons. The molecule has 5 nitrogen and oxygen atoms in total. The number of thiophene rings is 1. The molecule has 2 aromatic rings. The lowest BCUT2D eigenvalue weighted by Crippen LogP contribution is -2.50. The van der Waals surface area contributed by atoms with Gasteiger partial charge in [0.1, 0.15) is 4.88 Å². The molecule has 112 valence electrons. The van der Waals surface area contributed by atoms with Gasteiger partial charge in [0.2, 0.25) is 0 Å². The first-order valence-electron chi connectivity index (χ1n) is 6.92. The number of nitrogens with zero attached hydrogens (tertiary/aromatic N) is 1. The summed E-state index contributed by atoms with van der Waals surface area (Å²) in [6.07, 6.45) is -0.413. The van der Waals surface area contributed by atoms with Crippen molar-refractivity contribution in [2.75, 3.05) is 25.4 Å². The number of nitrogens with two attached hydrogens (primary N) is 1. The zero-order chi connectivity index (χ0) is 15.0. The summed E-state index contributed by atoms with van der Waals surface area (Å²) in [7, 11) is 0. The summed E-state index contributed by atoms with van der Waals surface area (Å²) in [5.41, 5.74) is 6.67. The Kier molecular flexibility index (Phi) is 3.84. The Bertz CT molecular complexity index is 670. The molecule has 1 aromatic carbocycles. The molecule has 0 spiro atoms. The van der Waals surface area contributed by atoms with E-state index in [1.165, 1.54) is 11.3 Å². The van der Waals surface area contributed by atoms with Gasteiger partial charge in [-0.25, -0.2) is 0 Å². The van der Waals surface area contributed by atoms with Crippen LogP contribution in [0.3, 0.4) is 0 Å². The molecule has 1 aliphatic heterocycles. The van der Waals surface area contributed by atoms with Crippen molar-refractivity contribution in [2.24, 2.45) is 0 Å². The van der Waals surface area contributed by atoms with Gasteiger partial charge in [-0.05, 0) is 13.0 Å². The predicted molar refractivity (Wildman–Crippen MR) is 83.6 cm³/mol. The second-order valence-electron chi connectivity index (χ2n) is 5.30. The highest BCUT2D eigenvalue weighted by molar-refractivity contribution is 7.21. The maximum Gasteiger partial charge on any atom is 0.266 e. The number of carbonyl (C=O) groups excluding carboxylic acids is 1. The second-order valence-corrected chi connectivity index (χ2v) is 6.35. The van der Waals surface area contributed by atoms with Crippen molar-refractivity contribution in [3.63, 3.8) is 0 Å². The molecule has 2 unspecified atom stereocenters. The lowest BCUT2D eigenvalue weighted by Gasteiger charge is -2.35. The van der Waals surface area contributed by atoms with Gasteiger partial charge in [-0.2, -0.15) is 0 Å². The third-order valence-electron chi connectivity index (χ3n) is 3.65. The third-order valence-corrected chi connectivity index (χ3v) is 4.82. The number of morpholine rings is 1. The van der Waals surface area contributed by atoms with Crippen molar-refractivity contribution in [1.29, 1.82) is 0 Å². The number of carbonyl (C=O) groups is 1. The van der Waals surface area contributed by atoms with Crippen LogP contribution in [-0.4, -0.2) is 47.8 Å². The number of rotatable bonds is 2. The molecule has 0 bridgehead atoms. The minimum atomic E-state index is -0.326. The molecule has 3 N–H and O–H groups in total. The summed E-state index contributed by atoms with van der Waals surface area (Å²) in [5.74, 6) is -0.0812. The van der Waals surface area contributed by atoms with E-state index in [-0.39, 0.29) is 24.7 Å². The van der Waals surface area contributed by atoms with Crippen LogP contribution < -0.4 is 5.73 Å². The molecule has 0 aliphatic carbocycles. The van der Waals surface area contributed by atoms with E-state index in [1.807, 2.05) is 31.2 Å². The molecule has 1 aromatic heterocycles. The molecule has 21 heavy (non-hydrogen) atoms. The van der Waals surface area contributed by atoms with Gasteiger partial charge < -0.3 is 20.5 Å². The van der Waals surface area contributed by atoms with Gasteiger partial charge in [-0.15, -0.1) is 11.3 Å².